The molecule has 11 aromatic heterocycles. The zero-order valence-electron chi connectivity index (χ0n) is 52.9. The molecule has 0 bridgehead atoms. The Balaban J connectivity index is 0.000000171. The summed E-state index contributed by atoms with van der Waals surface area (Å²) in [5.74, 6) is -0.402. The molecule has 0 fully saturated rings. The number of nitrogens with two attached hydrogens (primary N) is 3. The minimum Gasteiger partial charge on any atom is -0.444 e. The molecule has 29 heteroatoms. The molecule has 0 saturated carbocycles. The lowest BCUT2D eigenvalue weighted by molar-refractivity contribution is 0.0506. The number of carbonyl (C=O) groups is 4. The van der Waals surface area contributed by atoms with Crippen LogP contribution in [0.25, 0.3) is 66.9 Å². The monoisotopic (exact) mass is 1290 g/mol. The molecule has 0 saturated heterocycles. The van der Waals surface area contributed by atoms with Gasteiger partial charge in [0.05, 0.1) is 79.5 Å². The van der Waals surface area contributed by atoms with Gasteiger partial charge in [-0.1, -0.05) is 29.8 Å². The summed E-state index contributed by atoms with van der Waals surface area (Å²) in [7, 11) is 4.71. The highest BCUT2D eigenvalue weighted by atomic mass is 35.5. The average molecular weight is 1290 g/mol. The molecule has 3 unspecified atom stereocenters. The van der Waals surface area contributed by atoms with Gasteiger partial charge in [0.15, 0.2) is 5.15 Å². The predicted molar refractivity (Wildman–Crippen MR) is 358 cm³/mol. The molecule has 28 nitrogen and oxygen atoms in total. The highest BCUT2D eigenvalue weighted by molar-refractivity contribution is 6.30. The number of nitrogens with zero attached hydrogens (tertiary/aromatic N) is 15. The molecule has 0 spiro atoms. The van der Waals surface area contributed by atoms with Crippen molar-refractivity contribution in [3.8, 4) is 45.9 Å². The Morgan fingerprint density at radius 2 is 0.884 bits per heavy atom. The highest BCUT2D eigenvalue weighted by Crippen LogP contribution is 2.37. The number of fused-ring (bicyclic) bond motifs is 3. The second-order valence-electron chi connectivity index (χ2n) is 21.4. The number of hydrogen-bond donors (Lipinski definition) is 8. The molecule has 0 aliphatic carbocycles. The number of amides is 4. The lowest BCUT2D eigenvalue weighted by Gasteiger charge is -2.23. The first-order chi connectivity index (χ1) is 45.6. The number of nitriles is 2. The summed E-state index contributed by atoms with van der Waals surface area (Å²) in [6, 6.07) is 29.5. The van der Waals surface area contributed by atoms with Crippen LogP contribution in [0.5, 0.6) is 0 Å². The number of alkyl carbamates (subject to hydrolysis) is 1. The number of ether oxygens (including phenoxy) is 1. The zero-order valence-corrected chi connectivity index (χ0v) is 53.6. The topological polar surface area (TPSA) is 431 Å². The molecule has 480 valence electrons. The first-order valence-corrected chi connectivity index (χ1v) is 29.5. The van der Waals surface area contributed by atoms with E-state index in [1.165, 1.54) is 12.7 Å². The Hall–Kier alpha value is -12.4. The van der Waals surface area contributed by atoms with E-state index in [2.05, 4.69) is 81.4 Å². The van der Waals surface area contributed by atoms with Gasteiger partial charge in [0.1, 0.15) is 75.5 Å². The van der Waals surface area contributed by atoms with Crippen LogP contribution in [0.4, 0.5) is 22.2 Å². The van der Waals surface area contributed by atoms with Gasteiger partial charge in [0.2, 0.25) is 0 Å². The fraction of sp³-hybridized carbons (Fsp3) is 0.197. The number of aromatic nitrogens is 13. The van der Waals surface area contributed by atoms with Gasteiger partial charge in [-0.15, -0.1) is 0 Å². The molecule has 11 rings (SSSR count). The molecular formula is C66H64ClN23O5. The molecule has 11 aromatic rings. The maximum atomic E-state index is 13.0. The molecule has 0 aliphatic heterocycles. The number of anilines is 3. The Labute approximate surface area is 549 Å². The van der Waals surface area contributed by atoms with Gasteiger partial charge in [-0.2, -0.15) is 10.5 Å². The van der Waals surface area contributed by atoms with Crippen LogP contribution in [0, 0.1) is 22.7 Å². The fourth-order valence-corrected chi connectivity index (χ4v) is 9.75. The third-order valence-electron chi connectivity index (χ3n) is 13.7. The number of nitrogens with one attached hydrogen (secondary N) is 5. The lowest BCUT2D eigenvalue weighted by atomic mass is 9.96. The van der Waals surface area contributed by atoms with Crippen LogP contribution < -0.4 is 43.8 Å². The van der Waals surface area contributed by atoms with E-state index < -0.39 is 23.8 Å². The van der Waals surface area contributed by atoms with Crippen molar-refractivity contribution in [1.29, 1.82) is 10.5 Å². The number of hydrogen-bond acceptors (Lipinski definition) is 24. The highest BCUT2D eigenvalue weighted by Gasteiger charge is 2.30. The summed E-state index contributed by atoms with van der Waals surface area (Å²) in [6.07, 6.45) is 11.7. The van der Waals surface area contributed by atoms with E-state index in [4.69, 9.17) is 48.8 Å². The maximum absolute atomic E-state index is 13.0. The van der Waals surface area contributed by atoms with Crippen LogP contribution in [0.3, 0.4) is 0 Å². The number of rotatable bonds is 12. The number of halogens is 1. The van der Waals surface area contributed by atoms with Crippen LogP contribution in [-0.2, 0) is 4.74 Å². The Morgan fingerprint density at radius 3 is 1.24 bits per heavy atom. The van der Waals surface area contributed by atoms with E-state index in [0.29, 0.717) is 101 Å². The van der Waals surface area contributed by atoms with Crippen molar-refractivity contribution in [3.05, 3.63) is 191 Å². The summed E-state index contributed by atoms with van der Waals surface area (Å²) < 4.78 is 5.38. The summed E-state index contributed by atoms with van der Waals surface area (Å²) in [5, 5.41) is 32.0. The van der Waals surface area contributed by atoms with Crippen molar-refractivity contribution in [3.63, 3.8) is 0 Å². The Kier molecular flexibility index (Phi) is 22.4. The molecule has 0 aliphatic rings. The van der Waals surface area contributed by atoms with Crippen LogP contribution in [0.15, 0.2) is 141 Å². The van der Waals surface area contributed by atoms with Gasteiger partial charge in [0.25, 0.3) is 17.7 Å². The van der Waals surface area contributed by atoms with Crippen molar-refractivity contribution in [2.24, 2.45) is 5.73 Å². The third kappa shape index (κ3) is 16.0. The van der Waals surface area contributed by atoms with E-state index >= 15 is 0 Å². The molecular weight excluding hydrogens is 1230 g/mol. The lowest BCUT2D eigenvalue weighted by Crippen LogP contribution is -2.34. The normalized spacial score (nSPS) is 11.6. The van der Waals surface area contributed by atoms with Gasteiger partial charge in [-0.3, -0.25) is 44.3 Å². The van der Waals surface area contributed by atoms with Crippen molar-refractivity contribution in [2.75, 3.05) is 37.9 Å². The molecule has 11 heterocycles. The summed E-state index contributed by atoms with van der Waals surface area (Å²) in [6.45, 7) is 10.9. The van der Waals surface area contributed by atoms with Crippen molar-refractivity contribution >= 4 is 86.0 Å². The van der Waals surface area contributed by atoms with Crippen LogP contribution in [-0.4, -0.2) is 115 Å². The van der Waals surface area contributed by atoms with Gasteiger partial charge in [-0.05, 0) is 114 Å². The second-order valence-corrected chi connectivity index (χ2v) is 21.7. The largest absolute Gasteiger partial charge is 0.444 e. The standard InChI is InChI=1S/C22H19N9O.C22H25N5O3.C17H17N5O.C5H3ClN4/c1-12(30-21-13(10-23)20(24)28-11-29-21)18-16(14-6-3-4-8-26-14)17(22(32)25-2)19-15(31-18)7-5-9-27-19;1-13(26-21(29)30-22(2,3)4)18-16(14-9-6-7-11-24-14)17(20(28)23-5)19-15(27-18)10-8-12-25-19;1-10(18)15-13(11-6-3-4-8-20-11)14(17(23)19-2)16-12(22-15)7-5-9-21-16;6-4-3(1-7)5(8)10-2-9-4/h3-9,11-12H,1-2H3,(H,25,32)(H3,24,28,29,30);6-13H,1-5H3,(H,23,28)(H,26,29);3-10H,18H2,1-2H3,(H,19,23);2H,(H2,8,9,10). The van der Waals surface area contributed by atoms with E-state index in [1.807, 2.05) is 56.3 Å². The van der Waals surface area contributed by atoms with Crippen LogP contribution >= 0.6 is 11.6 Å². The second kappa shape index (κ2) is 31.1. The first kappa shape index (κ1) is 68.5. The molecule has 95 heavy (non-hydrogen) atoms. The third-order valence-corrected chi connectivity index (χ3v) is 14.0. The molecule has 4 amide bonds. The van der Waals surface area contributed by atoms with Crippen molar-refractivity contribution in [2.45, 2.75) is 65.3 Å². The van der Waals surface area contributed by atoms with Crippen LogP contribution in [0.1, 0.15) is 119 Å². The minimum atomic E-state index is -0.637. The molecule has 0 radical (unpaired) electrons. The zero-order chi connectivity index (χ0) is 68.5. The maximum Gasteiger partial charge on any atom is 0.408 e. The Morgan fingerprint density at radius 1 is 0.505 bits per heavy atom. The number of nitrogen functional groups attached to an aromatic ring is 2. The SMILES string of the molecule is CNC(=O)c1c(-c2ccccn2)c(C(C)N)nc2cccnc12.CNC(=O)c1c(-c2ccccn2)c(C(C)NC(=O)OC(C)(C)C)nc2cccnc12.CNC(=O)c1c(-c2ccccn2)c(C(C)Nc2ncnc(N)c2C#N)nc2cccnc12.N#Cc1c(N)ncnc1Cl. The molecule has 3 atom stereocenters. The number of pyridine rings is 9. The fourth-order valence-electron chi connectivity index (χ4n) is 9.56. The average Bonchev–Trinajstić information content (AvgIpc) is 0.785. The van der Waals surface area contributed by atoms with Crippen LogP contribution in [0.2, 0.25) is 5.15 Å². The van der Waals surface area contributed by atoms with Crippen molar-refractivity contribution < 1.29 is 23.9 Å². The molecule has 11 N–H and O–H groups in total. The summed E-state index contributed by atoms with van der Waals surface area (Å²) >= 11 is 5.48. The quantitative estimate of drug-likeness (QED) is 0.0529. The van der Waals surface area contributed by atoms with Gasteiger partial charge < -0.3 is 48.5 Å². The first-order valence-electron chi connectivity index (χ1n) is 29.1. The van der Waals surface area contributed by atoms with E-state index in [9.17, 15) is 24.4 Å². The number of carbonyl (C=O) groups excluding carboxylic acids is 4. The van der Waals surface area contributed by atoms with Gasteiger partial charge in [-0.25, -0.2) is 39.7 Å². The van der Waals surface area contributed by atoms with Crippen molar-refractivity contribution in [1.82, 2.24) is 86.1 Å². The smallest absolute Gasteiger partial charge is 0.408 e. The van der Waals surface area contributed by atoms with Gasteiger partial charge >= 0.3 is 6.09 Å². The van der Waals surface area contributed by atoms with Gasteiger partial charge in [0, 0.05) is 81.1 Å². The van der Waals surface area contributed by atoms with E-state index in [1.54, 1.807) is 147 Å². The predicted octanol–water partition coefficient (Wildman–Crippen LogP) is 8.76. The summed E-state index contributed by atoms with van der Waals surface area (Å²) in [4.78, 5) is 106. The molecule has 0 aromatic carbocycles. The van der Waals surface area contributed by atoms with E-state index in [-0.39, 0.29) is 57.5 Å². The summed E-state index contributed by atoms with van der Waals surface area (Å²) in [5.41, 5.74) is 26.3. The van der Waals surface area contributed by atoms with E-state index in [0.717, 1.165) is 0 Å². The minimum absolute atomic E-state index is 0.0730. The Bertz CT molecular complexity index is 4680.